The van der Waals surface area contributed by atoms with Gasteiger partial charge in [0.05, 0.1) is 20.3 Å². The molecule has 4 rings (SSSR count). The van der Waals surface area contributed by atoms with E-state index in [4.69, 9.17) is 9.47 Å². The topological polar surface area (TPSA) is 91.2 Å². The molecule has 3 aliphatic rings. The number of piperidine rings is 1. The van der Waals surface area contributed by atoms with E-state index in [1.54, 1.807) is 6.07 Å². The summed E-state index contributed by atoms with van der Waals surface area (Å²) in [6.07, 6.45) is -0.167. The van der Waals surface area contributed by atoms with Crippen LogP contribution in [0.2, 0.25) is 0 Å². The van der Waals surface area contributed by atoms with Gasteiger partial charge in [-0.3, -0.25) is 0 Å². The van der Waals surface area contributed by atoms with Crippen molar-refractivity contribution in [3.05, 3.63) is 34.6 Å². The lowest BCUT2D eigenvalue weighted by atomic mass is 9.55. The van der Waals surface area contributed by atoms with Crippen molar-refractivity contribution < 1.29 is 24.8 Å². The van der Waals surface area contributed by atoms with Crippen molar-refractivity contribution >= 4 is 0 Å². The number of ether oxygens (including phenoxy) is 2. The molecule has 24 heavy (non-hydrogen) atoms. The summed E-state index contributed by atoms with van der Waals surface area (Å²) >= 11 is 0. The summed E-state index contributed by atoms with van der Waals surface area (Å²) < 4.78 is 10.8. The number of phenols is 1. The van der Waals surface area contributed by atoms with E-state index in [0.29, 0.717) is 24.4 Å². The minimum atomic E-state index is -1.03. The number of fused-ring (bicyclic) bond motifs is 1. The number of aliphatic hydroxyl groups is 2. The molecule has 4 atom stereocenters. The van der Waals surface area contributed by atoms with Gasteiger partial charge >= 0.3 is 0 Å². The first-order chi connectivity index (χ1) is 11.5. The molecule has 1 aliphatic heterocycles. The molecule has 130 valence electrons. The summed E-state index contributed by atoms with van der Waals surface area (Å²) in [4.78, 5) is 0. The fraction of sp³-hybridized carbons (Fsp3) is 0.556. The van der Waals surface area contributed by atoms with Gasteiger partial charge in [-0.25, -0.2) is 0 Å². The lowest BCUT2D eigenvalue weighted by Crippen LogP contribution is -2.59. The minimum absolute atomic E-state index is 0.0381. The molecule has 1 aromatic rings. The third kappa shape index (κ3) is 1.87. The molecule has 4 N–H and O–H groups in total. The quantitative estimate of drug-likeness (QED) is 0.633. The van der Waals surface area contributed by atoms with Gasteiger partial charge in [0.1, 0.15) is 11.9 Å². The van der Waals surface area contributed by atoms with E-state index < -0.39 is 17.6 Å². The number of nitrogens with one attached hydrogen (secondary N) is 1. The number of aliphatic hydroxyl groups excluding tert-OH is 2. The van der Waals surface area contributed by atoms with Crippen LogP contribution in [0.1, 0.15) is 24.0 Å². The molecule has 0 saturated carbocycles. The second-order valence-electron chi connectivity index (χ2n) is 6.89. The van der Waals surface area contributed by atoms with E-state index in [9.17, 15) is 15.3 Å². The van der Waals surface area contributed by atoms with Crippen molar-refractivity contribution in [2.75, 3.05) is 20.8 Å². The molecule has 0 radical (unpaired) electrons. The molecule has 1 aromatic carbocycles. The molecule has 6 nitrogen and oxygen atoms in total. The molecule has 0 amide bonds. The average Bonchev–Trinajstić information content (AvgIpc) is 2.55. The monoisotopic (exact) mass is 333 g/mol. The van der Waals surface area contributed by atoms with Crippen molar-refractivity contribution in [1.82, 2.24) is 5.32 Å². The maximum atomic E-state index is 10.8. The Hall–Kier alpha value is -1.76. The van der Waals surface area contributed by atoms with Crippen molar-refractivity contribution in [1.29, 1.82) is 0 Å². The molecule has 6 heteroatoms. The SMILES string of the molecule is COC1=C2[C@@H]3Cc4ccc(OC)c(O)c4[C@]2(CCN3)C[C@H](O)[C@H]1O. The van der Waals surface area contributed by atoms with Gasteiger partial charge in [0.15, 0.2) is 11.5 Å². The Bertz CT molecular complexity index is 716. The number of rotatable bonds is 2. The summed E-state index contributed by atoms with van der Waals surface area (Å²) in [5.41, 5.74) is 2.29. The molecule has 2 aliphatic carbocycles. The second kappa shape index (κ2) is 5.37. The summed E-state index contributed by atoms with van der Waals surface area (Å²) in [7, 11) is 3.05. The largest absolute Gasteiger partial charge is 0.504 e. The van der Waals surface area contributed by atoms with Crippen LogP contribution in [-0.2, 0) is 16.6 Å². The first-order valence-electron chi connectivity index (χ1n) is 8.31. The number of hydrogen-bond acceptors (Lipinski definition) is 6. The zero-order chi connectivity index (χ0) is 17.1. The van der Waals surface area contributed by atoms with E-state index in [1.165, 1.54) is 14.2 Å². The molecule has 1 fully saturated rings. The Balaban J connectivity index is 2.04. The molecule has 0 spiro atoms. The number of aromatic hydroxyl groups is 1. The molecule has 2 bridgehead atoms. The van der Waals surface area contributed by atoms with Crippen molar-refractivity contribution in [3.8, 4) is 11.5 Å². The van der Waals surface area contributed by atoms with E-state index in [1.807, 2.05) is 6.07 Å². The van der Waals surface area contributed by atoms with Gasteiger partial charge in [0.2, 0.25) is 0 Å². The number of benzene rings is 1. The summed E-state index contributed by atoms with van der Waals surface area (Å²) in [6, 6.07) is 3.80. The van der Waals surface area contributed by atoms with Crippen LogP contribution in [0, 0.1) is 0 Å². The van der Waals surface area contributed by atoms with Gasteiger partial charge in [-0.2, -0.15) is 0 Å². The number of hydrogen-bond donors (Lipinski definition) is 4. The standard InChI is InChI=1S/C18H23NO5/c1-23-12-4-3-9-7-10-14-17(24-2)15(21)11(20)8-18(14,5-6-19-10)13(9)16(12)22/h3-4,10-11,15,19-22H,5-8H2,1-2H3/t10-,11-,15+,18-/m0/s1. The maximum Gasteiger partial charge on any atom is 0.162 e. The average molecular weight is 333 g/mol. The van der Waals surface area contributed by atoms with Gasteiger partial charge in [0, 0.05) is 17.0 Å². The van der Waals surface area contributed by atoms with Gasteiger partial charge in [-0.05, 0) is 43.0 Å². The third-order valence-corrected chi connectivity index (χ3v) is 5.83. The molecular weight excluding hydrogens is 310 g/mol. The highest BCUT2D eigenvalue weighted by molar-refractivity contribution is 5.62. The van der Waals surface area contributed by atoms with Gasteiger partial charge in [0.25, 0.3) is 0 Å². The number of phenolic OH excluding ortho intramolecular Hbond substituents is 1. The van der Waals surface area contributed by atoms with Crippen LogP contribution in [0.4, 0.5) is 0 Å². The van der Waals surface area contributed by atoms with Gasteiger partial charge in [-0.1, -0.05) is 6.07 Å². The molecule has 0 unspecified atom stereocenters. The summed E-state index contributed by atoms with van der Waals surface area (Å²) in [5.74, 6) is 0.991. The normalized spacial score (nSPS) is 34.4. The smallest absolute Gasteiger partial charge is 0.162 e. The van der Waals surface area contributed by atoms with Crippen LogP contribution in [-0.4, -0.2) is 54.3 Å². The zero-order valence-electron chi connectivity index (χ0n) is 13.9. The van der Waals surface area contributed by atoms with Crippen LogP contribution in [0.15, 0.2) is 23.5 Å². The highest BCUT2D eigenvalue weighted by Crippen LogP contribution is 2.57. The van der Waals surface area contributed by atoms with E-state index in [2.05, 4.69) is 5.32 Å². The van der Waals surface area contributed by atoms with E-state index in [-0.39, 0.29) is 11.8 Å². The fourth-order valence-electron chi connectivity index (χ4n) is 4.92. The lowest BCUT2D eigenvalue weighted by molar-refractivity contribution is -0.0260. The molecule has 0 aromatic heterocycles. The molecule has 1 heterocycles. The predicted molar refractivity (Wildman–Crippen MR) is 87.1 cm³/mol. The van der Waals surface area contributed by atoms with Gasteiger partial charge in [-0.15, -0.1) is 0 Å². The zero-order valence-corrected chi connectivity index (χ0v) is 13.9. The minimum Gasteiger partial charge on any atom is -0.504 e. The van der Waals surface area contributed by atoms with Crippen LogP contribution in [0.5, 0.6) is 11.5 Å². The predicted octanol–water partition coefficient (Wildman–Crippen LogP) is 0.583. The summed E-state index contributed by atoms with van der Waals surface area (Å²) in [6.45, 7) is 0.782. The van der Waals surface area contributed by atoms with E-state index in [0.717, 1.165) is 29.7 Å². The Morgan fingerprint density at radius 3 is 2.71 bits per heavy atom. The first-order valence-corrected chi connectivity index (χ1v) is 8.31. The Morgan fingerprint density at radius 2 is 2.00 bits per heavy atom. The Morgan fingerprint density at radius 1 is 1.21 bits per heavy atom. The second-order valence-corrected chi connectivity index (χ2v) is 6.89. The fourth-order valence-corrected chi connectivity index (χ4v) is 4.92. The molecule has 1 saturated heterocycles. The summed E-state index contributed by atoms with van der Waals surface area (Å²) in [5, 5.41) is 35.2. The van der Waals surface area contributed by atoms with Crippen LogP contribution in [0.25, 0.3) is 0 Å². The Labute approximate surface area is 140 Å². The highest BCUT2D eigenvalue weighted by Gasteiger charge is 2.55. The van der Waals surface area contributed by atoms with E-state index >= 15 is 0 Å². The van der Waals surface area contributed by atoms with Crippen LogP contribution < -0.4 is 10.1 Å². The van der Waals surface area contributed by atoms with Crippen molar-refractivity contribution in [2.24, 2.45) is 0 Å². The van der Waals surface area contributed by atoms with Crippen molar-refractivity contribution in [2.45, 2.75) is 42.9 Å². The van der Waals surface area contributed by atoms with Gasteiger partial charge < -0.3 is 30.1 Å². The highest BCUT2D eigenvalue weighted by atomic mass is 16.5. The van der Waals surface area contributed by atoms with Crippen molar-refractivity contribution in [3.63, 3.8) is 0 Å². The third-order valence-electron chi connectivity index (χ3n) is 5.83. The number of methoxy groups -OCH3 is 2. The van der Waals surface area contributed by atoms with Crippen LogP contribution in [0.3, 0.4) is 0 Å². The first kappa shape index (κ1) is 15.7. The molecular formula is C18H23NO5. The lowest BCUT2D eigenvalue weighted by Gasteiger charge is -2.53. The van der Waals surface area contributed by atoms with Crippen LogP contribution >= 0.6 is 0 Å². The maximum absolute atomic E-state index is 10.8. The Kier molecular flexibility index (Phi) is 3.53.